The van der Waals surface area contributed by atoms with Crippen LogP contribution in [-0.4, -0.2) is 177 Å². The maximum atomic E-state index is 13.0. The van der Waals surface area contributed by atoms with E-state index < -0.39 is 12.2 Å². The highest BCUT2D eigenvalue weighted by atomic mass is 79.9. The molecular weight excluding hydrogens is 1000 g/mol. The summed E-state index contributed by atoms with van der Waals surface area (Å²) < 4.78 is 16.0. The number of nitrogens with zero attached hydrogens (tertiary/aromatic N) is 2. The van der Waals surface area contributed by atoms with Crippen LogP contribution >= 0.6 is 47.8 Å². The number of carbonyl (C=O) groups is 8. The molecule has 0 aromatic carbocycles. The monoisotopic (exact) mass is 1060 g/mol. The molecule has 0 saturated carbocycles. The van der Waals surface area contributed by atoms with Gasteiger partial charge in [0.1, 0.15) is 13.2 Å². The van der Waals surface area contributed by atoms with Gasteiger partial charge in [0.15, 0.2) is 0 Å². The Balaban J connectivity index is 4.61. The lowest BCUT2D eigenvalue weighted by Gasteiger charge is -2.23. The van der Waals surface area contributed by atoms with E-state index in [1.54, 1.807) is 0 Å². The SMILES string of the molecule is O=C(CBr)NCCCCCC(=O)NCCN(CCO)C(=O)OCCOCCOC(=O)N(CCNC(=O)CCCCCNC(=O)CBr)CCNC(=O)CCCCCNC(=O)CBr. The van der Waals surface area contributed by atoms with Crippen molar-refractivity contribution in [2.24, 2.45) is 0 Å². The average Bonchev–Trinajstić information content (AvgIpc) is 3.25. The molecular formula is C38H67Br3N8O12. The zero-order chi connectivity index (χ0) is 45.4. The van der Waals surface area contributed by atoms with Crippen molar-refractivity contribution in [2.45, 2.75) is 77.0 Å². The fourth-order valence-electron chi connectivity index (χ4n) is 5.21. The molecule has 0 aromatic rings. The fourth-order valence-corrected chi connectivity index (χ4v) is 5.81. The summed E-state index contributed by atoms with van der Waals surface area (Å²) in [5.74, 6) is -0.788. The number of rotatable bonds is 38. The summed E-state index contributed by atoms with van der Waals surface area (Å²) in [6, 6.07) is 0. The van der Waals surface area contributed by atoms with Crippen LogP contribution in [0, 0.1) is 0 Å². The van der Waals surface area contributed by atoms with Crippen LogP contribution in [0.4, 0.5) is 9.59 Å². The van der Waals surface area contributed by atoms with E-state index in [1.165, 1.54) is 9.80 Å². The molecule has 0 aliphatic heterocycles. The van der Waals surface area contributed by atoms with E-state index in [1.807, 2.05) is 0 Å². The quantitative estimate of drug-likeness (QED) is 0.0343. The lowest BCUT2D eigenvalue weighted by molar-refractivity contribution is -0.122. The third-order valence-corrected chi connectivity index (χ3v) is 10.0. The van der Waals surface area contributed by atoms with Crippen LogP contribution < -0.4 is 31.9 Å². The minimum atomic E-state index is -0.689. The highest BCUT2D eigenvalue weighted by molar-refractivity contribution is 9.09. The van der Waals surface area contributed by atoms with Crippen molar-refractivity contribution in [3.8, 4) is 0 Å². The number of aliphatic hydroxyl groups excluding tert-OH is 1. The van der Waals surface area contributed by atoms with Gasteiger partial charge in [0.05, 0.1) is 35.8 Å². The maximum Gasteiger partial charge on any atom is 0.409 e. The number of halogens is 3. The van der Waals surface area contributed by atoms with Crippen LogP contribution in [0.15, 0.2) is 0 Å². The molecule has 0 aliphatic rings. The first kappa shape index (κ1) is 57.7. The first-order valence-electron chi connectivity index (χ1n) is 20.8. The standard InChI is InChI=1S/C38H67Br3N8O12/c39-28-34(54)42-13-7-1-4-10-31(51)45-16-19-48(20-17-46-32(52)11-5-2-8-14-43-35(55)29-40)37(57)60-26-24-59-25-27-61-38(58)49(22-23-50)21-18-47-33(53)12-6-3-9-15-44-36(56)30-41/h50H,1-30H2,(H,42,54)(H,43,55)(H,44,56)(H,45,51)(H,46,52)(H,47,53). The van der Waals surface area contributed by atoms with E-state index in [0.717, 1.165) is 38.5 Å². The predicted octanol–water partition coefficient (Wildman–Crippen LogP) is 1.44. The Morgan fingerprint density at radius 2 is 0.705 bits per heavy atom. The molecule has 7 N–H and O–H groups in total. The fraction of sp³-hybridized carbons (Fsp3) is 0.789. The molecule has 0 aliphatic carbocycles. The molecule has 0 atom stereocenters. The molecule has 0 heterocycles. The summed E-state index contributed by atoms with van der Waals surface area (Å²) in [4.78, 5) is 98.8. The van der Waals surface area contributed by atoms with Gasteiger partial charge in [-0.2, -0.15) is 0 Å². The van der Waals surface area contributed by atoms with Crippen LogP contribution in [0.3, 0.4) is 0 Å². The number of unbranched alkanes of at least 4 members (excludes halogenated alkanes) is 6. The van der Waals surface area contributed by atoms with Gasteiger partial charge in [-0.05, 0) is 38.5 Å². The van der Waals surface area contributed by atoms with Gasteiger partial charge >= 0.3 is 12.2 Å². The van der Waals surface area contributed by atoms with Crippen molar-refractivity contribution in [1.82, 2.24) is 41.7 Å². The number of carbonyl (C=O) groups excluding carboxylic acids is 8. The van der Waals surface area contributed by atoms with Gasteiger partial charge in [0.25, 0.3) is 0 Å². The number of alkyl halides is 3. The molecule has 0 fully saturated rings. The highest BCUT2D eigenvalue weighted by Crippen LogP contribution is 2.03. The first-order valence-corrected chi connectivity index (χ1v) is 24.1. The second kappa shape index (κ2) is 40.8. The minimum Gasteiger partial charge on any atom is -0.447 e. The summed E-state index contributed by atoms with van der Waals surface area (Å²) in [7, 11) is 0. The number of hydrogen-bond donors (Lipinski definition) is 7. The number of hydrogen-bond acceptors (Lipinski definition) is 12. The van der Waals surface area contributed by atoms with E-state index in [-0.39, 0.29) is 130 Å². The van der Waals surface area contributed by atoms with Crippen LogP contribution in [0.2, 0.25) is 0 Å². The number of ether oxygens (including phenoxy) is 3. The van der Waals surface area contributed by atoms with Gasteiger partial charge in [-0.3, -0.25) is 28.8 Å². The predicted molar refractivity (Wildman–Crippen MR) is 239 cm³/mol. The molecule has 0 spiro atoms. The van der Waals surface area contributed by atoms with Crippen LogP contribution in [0.5, 0.6) is 0 Å². The van der Waals surface area contributed by atoms with E-state index >= 15 is 0 Å². The zero-order valence-corrected chi connectivity index (χ0v) is 39.9. The lowest BCUT2D eigenvalue weighted by Crippen LogP contribution is -2.43. The smallest absolute Gasteiger partial charge is 0.409 e. The summed E-state index contributed by atoms with van der Waals surface area (Å²) in [5, 5.41) is 26.7. The lowest BCUT2D eigenvalue weighted by atomic mass is 10.2. The van der Waals surface area contributed by atoms with E-state index in [2.05, 4.69) is 79.7 Å². The van der Waals surface area contributed by atoms with Crippen LogP contribution in [0.25, 0.3) is 0 Å². The molecule has 0 radical (unpaired) electrons. The van der Waals surface area contributed by atoms with Gasteiger partial charge in [-0.25, -0.2) is 9.59 Å². The van der Waals surface area contributed by atoms with Crippen molar-refractivity contribution in [3.05, 3.63) is 0 Å². The summed E-state index contributed by atoms with van der Waals surface area (Å²) in [6.45, 7) is 2.01. The van der Waals surface area contributed by atoms with E-state index in [0.29, 0.717) is 58.2 Å². The molecule has 0 saturated heterocycles. The number of nitrogens with one attached hydrogen (secondary N) is 6. The molecule has 20 nitrogen and oxygen atoms in total. The maximum absolute atomic E-state index is 13.0. The highest BCUT2D eigenvalue weighted by Gasteiger charge is 2.17. The molecule has 352 valence electrons. The van der Waals surface area contributed by atoms with Gasteiger partial charge in [0.2, 0.25) is 35.4 Å². The topological polar surface area (TPSA) is 263 Å². The Morgan fingerprint density at radius 1 is 0.393 bits per heavy atom. The Morgan fingerprint density at radius 3 is 1.02 bits per heavy atom. The summed E-state index contributed by atoms with van der Waals surface area (Å²) >= 11 is 9.25. The summed E-state index contributed by atoms with van der Waals surface area (Å²) in [6.07, 6.45) is 6.05. The Labute approximate surface area is 384 Å². The minimum absolute atomic E-state index is 0.00204. The van der Waals surface area contributed by atoms with Crippen molar-refractivity contribution >= 4 is 95.4 Å². The van der Waals surface area contributed by atoms with E-state index in [9.17, 15) is 43.5 Å². The molecule has 23 heteroatoms. The second-order valence-electron chi connectivity index (χ2n) is 13.5. The molecule has 0 unspecified atom stereocenters. The molecule has 0 aromatic heterocycles. The second-order valence-corrected chi connectivity index (χ2v) is 15.2. The average molecular weight is 1070 g/mol. The van der Waals surface area contributed by atoms with Gasteiger partial charge in [0, 0.05) is 84.7 Å². The van der Waals surface area contributed by atoms with Crippen molar-refractivity contribution in [3.63, 3.8) is 0 Å². The van der Waals surface area contributed by atoms with Crippen LogP contribution in [0.1, 0.15) is 77.0 Å². The number of aliphatic hydroxyl groups is 1. The van der Waals surface area contributed by atoms with Crippen molar-refractivity contribution in [1.29, 1.82) is 0 Å². The normalized spacial score (nSPS) is 10.6. The molecule has 0 rings (SSSR count). The molecule has 8 amide bonds. The Hall–Kier alpha value is -3.28. The third kappa shape index (κ3) is 36.0. The van der Waals surface area contributed by atoms with Crippen molar-refractivity contribution in [2.75, 3.05) is 114 Å². The van der Waals surface area contributed by atoms with Crippen molar-refractivity contribution < 1.29 is 57.7 Å². The van der Waals surface area contributed by atoms with Gasteiger partial charge in [-0.1, -0.05) is 67.1 Å². The largest absolute Gasteiger partial charge is 0.447 e. The Kier molecular flexibility index (Phi) is 38.6. The van der Waals surface area contributed by atoms with E-state index in [4.69, 9.17) is 14.2 Å². The van der Waals surface area contributed by atoms with Crippen LogP contribution in [-0.2, 0) is 43.0 Å². The summed E-state index contributed by atoms with van der Waals surface area (Å²) in [5.41, 5.74) is 0. The molecule has 0 bridgehead atoms. The third-order valence-electron chi connectivity index (χ3n) is 8.48. The molecule has 61 heavy (non-hydrogen) atoms. The Bertz CT molecular complexity index is 1230. The number of amides is 8. The van der Waals surface area contributed by atoms with Gasteiger partial charge < -0.3 is 61.0 Å². The zero-order valence-electron chi connectivity index (χ0n) is 35.2. The van der Waals surface area contributed by atoms with Gasteiger partial charge in [-0.15, -0.1) is 0 Å². The first-order chi connectivity index (χ1) is 29.5.